The normalized spacial score (nSPS) is 10.3. The average molecular weight is 334 g/mol. The molecule has 25 heavy (non-hydrogen) atoms. The van der Waals surface area contributed by atoms with Crippen LogP contribution in [-0.4, -0.2) is 35.4 Å². The number of para-hydroxylation sites is 2. The lowest BCUT2D eigenvalue weighted by Gasteiger charge is -2.18. The van der Waals surface area contributed by atoms with Gasteiger partial charge in [-0.15, -0.1) is 0 Å². The topological polar surface area (TPSA) is 74.3 Å². The van der Waals surface area contributed by atoms with Gasteiger partial charge < -0.3 is 15.5 Å². The highest BCUT2D eigenvalue weighted by Gasteiger charge is 2.14. The molecule has 0 aliphatic rings. The molecule has 0 saturated heterocycles. The van der Waals surface area contributed by atoms with E-state index in [0.717, 1.165) is 10.9 Å². The molecule has 0 radical (unpaired) electrons. The van der Waals surface area contributed by atoms with E-state index in [4.69, 9.17) is 0 Å². The van der Waals surface area contributed by atoms with E-state index in [1.165, 1.54) is 4.90 Å². The van der Waals surface area contributed by atoms with Gasteiger partial charge in [-0.2, -0.15) is 0 Å². The van der Waals surface area contributed by atoms with Gasteiger partial charge in [0, 0.05) is 24.3 Å². The van der Waals surface area contributed by atoms with Gasteiger partial charge in [0.1, 0.15) is 6.54 Å². The van der Waals surface area contributed by atoms with Crippen molar-refractivity contribution in [1.29, 1.82) is 0 Å². The molecule has 0 saturated carbocycles. The minimum atomic E-state index is -0.350. The molecule has 0 unspecified atom stereocenters. The molecule has 0 atom stereocenters. The molecule has 6 heteroatoms. The Balaban J connectivity index is 1.62. The number of nitrogens with one attached hydrogen (secondary N) is 2. The van der Waals surface area contributed by atoms with Crippen LogP contribution in [-0.2, 0) is 4.79 Å². The van der Waals surface area contributed by atoms with Crippen molar-refractivity contribution in [3.8, 4) is 0 Å². The van der Waals surface area contributed by atoms with Crippen LogP contribution in [0.25, 0.3) is 10.9 Å². The second-order valence-electron chi connectivity index (χ2n) is 5.58. The summed E-state index contributed by atoms with van der Waals surface area (Å²) < 4.78 is 0. The Morgan fingerprint density at radius 1 is 0.960 bits per heavy atom. The molecular formula is C19H18N4O2. The minimum absolute atomic E-state index is 0.0676. The summed E-state index contributed by atoms with van der Waals surface area (Å²) in [5.41, 5.74) is 2.02. The summed E-state index contributed by atoms with van der Waals surface area (Å²) in [6, 6.07) is 18.1. The standard InChI is InChI=1S/C19H18N4O2/c1-23(19(25)21-15-9-3-2-4-10-15)13-17(24)22-16-11-5-7-14-8-6-12-20-18(14)16/h2-12H,13H2,1H3,(H,21,25)(H,22,24). The van der Waals surface area contributed by atoms with Crippen molar-refractivity contribution in [3.05, 3.63) is 66.9 Å². The van der Waals surface area contributed by atoms with Crippen molar-refractivity contribution >= 4 is 34.2 Å². The summed E-state index contributed by atoms with van der Waals surface area (Å²) in [4.78, 5) is 30.0. The van der Waals surface area contributed by atoms with Gasteiger partial charge in [0.2, 0.25) is 5.91 Å². The molecule has 0 fully saturated rings. The Kier molecular flexibility index (Phi) is 4.89. The van der Waals surface area contributed by atoms with E-state index in [1.807, 2.05) is 42.5 Å². The molecule has 1 heterocycles. The summed E-state index contributed by atoms with van der Waals surface area (Å²) in [7, 11) is 1.57. The summed E-state index contributed by atoms with van der Waals surface area (Å²) in [6.07, 6.45) is 1.68. The molecule has 0 spiro atoms. The predicted octanol–water partition coefficient (Wildman–Crippen LogP) is 3.34. The third-order valence-corrected chi connectivity index (χ3v) is 3.66. The van der Waals surface area contributed by atoms with Crippen molar-refractivity contribution in [2.75, 3.05) is 24.2 Å². The SMILES string of the molecule is CN(CC(=O)Nc1cccc2cccnc12)C(=O)Nc1ccccc1. The number of carbonyl (C=O) groups is 2. The summed E-state index contributed by atoms with van der Waals surface area (Å²) >= 11 is 0. The highest BCUT2D eigenvalue weighted by Crippen LogP contribution is 2.20. The first-order valence-electron chi connectivity index (χ1n) is 7.84. The molecule has 2 N–H and O–H groups in total. The molecule has 0 aliphatic heterocycles. The molecule has 1 aromatic heterocycles. The maximum atomic E-state index is 12.3. The van der Waals surface area contributed by atoms with E-state index in [2.05, 4.69) is 15.6 Å². The molecule has 126 valence electrons. The lowest BCUT2D eigenvalue weighted by atomic mass is 10.2. The van der Waals surface area contributed by atoms with E-state index in [9.17, 15) is 9.59 Å². The average Bonchev–Trinajstić information content (AvgIpc) is 2.63. The molecule has 3 amide bonds. The largest absolute Gasteiger partial charge is 0.323 e. The summed E-state index contributed by atoms with van der Waals surface area (Å²) in [5.74, 6) is -0.288. The van der Waals surface area contributed by atoms with Crippen LogP contribution in [0.3, 0.4) is 0 Å². The third-order valence-electron chi connectivity index (χ3n) is 3.66. The van der Waals surface area contributed by atoms with Crippen LogP contribution in [0, 0.1) is 0 Å². The van der Waals surface area contributed by atoms with Crippen LogP contribution in [0.2, 0.25) is 0 Å². The molecule has 6 nitrogen and oxygen atoms in total. The van der Waals surface area contributed by atoms with Crippen LogP contribution in [0.5, 0.6) is 0 Å². The van der Waals surface area contributed by atoms with E-state index in [0.29, 0.717) is 11.4 Å². The molecule has 0 bridgehead atoms. The molecule has 3 rings (SSSR count). The van der Waals surface area contributed by atoms with E-state index in [1.54, 1.807) is 31.4 Å². The Bertz CT molecular complexity index is 891. The highest BCUT2D eigenvalue weighted by molar-refractivity contribution is 6.02. The number of likely N-dealkylation sites (N-methyl/N-ethyl adjacent to an activating group) is 1. The maximum absolute atomic E-state index is 12.3. The van der Waals surface area contributed by atoms with Gasteiger partial charge in [-0.1, -0.05) is 36.4 Å². The predicted molar refractivity (Wildman–Crippen MR) is 98.5 cm³/mol. The van der Waals surface area contributed by atoms with Crippen LogP contribution in [0.4, 0.5) is 16.2 Å². The van der Waals surface area contributed by atoms with E-state index >= 15 is 0 Å². The molecule has 0 aliphatic carbocycles. The highest BCUT2D eigenvalue weighted by atomic mass is 16.2. The first-order valence-corrected chi connectivity index (χ1v) is 7.84. The second-order valence-corrected chi connectivity index (χ2v) is 5.58. The van der Waals surface area contributed by atoms with Gasteiger partial charge in [0.25, 0.3) is 0 Å². The van der Waals surface area contributed by atoms with Gasteiger partial charge in [0.15, 0.2) is 0 Å². The van der Waals surface area contributed by atoms with Gasteiger partial charge in [0.05, 0.1) is 11.2 Å². The first kappa shape index (κ1) is 16.4. The number of pyridine rings is 1. The van der Waals surface area contributed by atoms with Crippen molar-refractivity contribution in [2.24, 2.45) is 0 Å². The van der Waals surface area contributed by atoms with Gasteiger partial charge in [-0.05, 0) is 24.3 Å². The van der Waals surface area contributed by atoms with Crippen molar-refractivity contribution in [1.82, 2.24) is 9.88 Å². The smallest absolute Gasteiger partial charge is 0.322 e. The van der Waals surface area contributed by atoms with Crippen molar-refractivity contribution in [2.45, 2.75) is 0 Å². The molecular weight excluding hydrogens is 316 g/mol. The quantitative estimate of drug-likeness (QED) is 0.768. The van der Waals surface area contributed by atoms with Crippen LogP contribution < -0.4 is 10.6 Å². The van der Waals surface area contributed by atoms with Crippen LogP contribution in [0.1, 0.15) is 0 Å². The van der Waals surface area contributed by atoms with Crippen LogP contribution >= 0.6 is 0 Å². The van der Waals surface area contributed by atoms with Gasteiger partial charge in [-0.25, -0.2) is 4.79 Å². The number of aromatic nitrogens is 1. The number of hydrogen-bond acceptors (Lipinski definition) is 3. The number of nitrogens with zero attached hydrogens (tertiary/aromatic N) is 2. The van der Waals surface area contributed by atoms with Crippen molar-refractivity contribution in [3.63, 3.8) is 0 Å². The van der Waals surface area contributed by atoms with Gasteiger partial charge in [-0.3, -0.25) is 9.78 Å². The fourth-order valence-corrected chi connectivity index (χ4v) is 2.42. The number of anilines is 2. The molecule has 3 aromatic rings. The Hall–Kier alpha value is -3.41. The monoisotopic (exact) mass is 334 g/mol. The maximum Gasteiger partial charge on any atom is 0.322 e. The zero-order chi connectivity index (χ0) is 17.6. The van der Waals surface area contributed by atoms with E-state index in [-0.39, 0.29) is 18.5 Å². The number of carbonyl (C=O) groups excluding carboxylic acids is 2. The number of fused-ring (bicyclic) bond motifs is 1. The number of urea groups is 1. The van der Waals surface area contributed by atoms with Crippen molar-refractivity contribution < 1.29 is 9.59 Å². The fraction of sp³-hybridized carbons (Fsp3) is 0.105. The number of hydrogen-bond donors (Lipinski definition) is 2. The Labute approximate surface area is 145 Å². The first-order chi connectivity index (χ1) is 12.1. The zero-order valence-electron chi connectivity index (χ0n) is 13.8. The minimum Gasteiger partial charge on any atom is -0.323 e. The zero-order valence-corrected chi connectivity index (χ0v) is 13.8. The third kappa shape index (κ3) is 4.11. The lowest BCUT2D eigenvalue weighted by molar-refractivity contribution is -0.116. The van der Waals surface area contributed by atoms with Gasteiger partial charge >= 0.3 is 6.03 Å². The number of rotatable bonds is 4. The fourth-order valence-electron chi connectivity index (χ4n) is 2.42. The number of amides is 3. The molecule has 2 aromatic carbocycles. The number of benzene rings is 2. The summed E-state index contributed by atoms with van der Waals surface area (Å²) in [5, 5.41) is 6.49. The van der Waals surface area contributed by atoms with E-state index < -0.39 is 0 Å². The summed E-state index contributed by atoms with van der Waals surface area (Å²) in [6.45, 7) is -0.0676. The van der Waals surface area contributed by atoms with Crippen LogP contribution in [0.15, 0.2) is 66.9 Å². The lowest BCUT2D eigenvalue weighted by Crippen LogP contribution is -2.37. The Morgan fingerprint density at radius 3 is 2.52 bits per heavy atom. The second kappa shape index (κ2) is 7.44. The Morgan fingerprint density at radius 2 is 1.72 bits per heavy atom.